The lowest BCUT2D eigenvalue weighted by Gasteiger charge is -2.24. The fourth-order valence-electron chi connectivity index (χ4n) is 2.76. The zero-order chi connectivity index (χ0) is 21.9. The van der Waals surface area contributed by atoms with E-state index in [0.717, 1.165) is 19.9 Å². The topological polar surface area (TPSA) is 66.5 Å². The third kappa shape index (κ3) is 5.22. The van der Waals surface area contributed by atoms with E-state index in [1.54, 1.807) is 54.6 Å². The van der Waals surface area contributed by atoms with E-state index in [9.17, 15) is 13.2 Å². The van der Waals surface area contributed by atoms with Crippen molar-refractivity contribution in [3.05, 3.63) is 87.4 Å². The maximum Gasteiger partial charge on any atom is 0.264 e. The molecule has 3 rings (SSSR count). The number of nitrogens with one attached hydrogen (secondary N) is 1. The zero-order valence-corrected chi connectivity index (χ0v) is 19.6. The van der Waals surface area contributed by atoms with E-state index in [1.165, 1.54) is 12.1 Å². The molecule has 0 spiro atoms. The summed E-state index contributed by atoms with van der Waals surface area (Å²) < 4.78 is 28.6. The predicted octanol–water partition coefficient (Wildman–Crippen LogP) is 5.55. The quantitative estimate of drug-likeness (QED) is 0.475. The van der Waals surface area contributed by atoms with Gasteiger partial charge in [-0.15, -0.1) is 0 Å². The van der Waals surface area contributed by atoms with Gasteiger partial charge < -0.3 is 5.32 Å². The Kier molecular flexibility index (Phi) is 6.85. The largest absolute Gasteiger partial charge is 0.324 e. The Morgan fingerprint density at radius 2 is 1.63 bits per heavy atom. The van der Waals surface area contributed by atoms with Crippen molar-refractivity contribution in [2.24, 2.45) is 0 Å². The average molecular weight is 508 g/mol. The number of anilines is 2. The number of hydrogen-bond acceptors (Lipinski definition) is 3. The molecule has 30 heavy (non-hydrogen) atoms. The number of nitrogens with zero attached hydrogens (tertiary/aromatic N) is 1. The molecule has 0 atom stereocenters. The van der Waals surface area contributed by atoms with Gasteiger partial charge in [0.2, 0.25) is 5.91 Å². The smallest absolute Gasteiger partial charge is 0.264 e. The van der Waals surface area contributed by atoms with Gasteiger partial charge in [-0.3, -0.25) is 9.10 Å². The molecule has 3 aromatic carbocycles. The van der Waals surface area contributed by atoms with Gasteiger partial charge in [0.05, 0.1) is 10.6 Å². The lowest BCUT2D eigenvalue weighted by Crippen LogP contribution is -2.38. The summed E-state index contributed by atoms with van der Waals surface area (Å²) >= 11 is 9.46. The molecule has 3 aromatic rings. The van der Waals surface area contributed by atoms with Crippen molar-refractivity contribution in [3.8, 4) is 0 Å². The van der Waals surface area contributed by atoms with Crippen LogP contribution >= 0.6 is 27.5 Å². The van der Waals surface area contributed by atoms with E-state index >= 15 is 0 Å². The van der Waals surface area contributed by atoms with E-state index in [1.807, 2.05) is 13.8 Å². The summed E-state index contributed by atoms with van der Waals surface area (Å²) in [6.45, 7) is 3.35. The van der Waals surface area contributed by atoms with Crippen molar-refractivity contribution >= 4 is 54.8 Å². The van der Waals surface area contributed by atoms with Crippen LogP contribution in [-0.2, 0) is 14.8 Å². The number of aryl methyl sites for hydroxylation is 2. The van der Waals surface area contributed by atoms with Crippen LogP contribution in [0.1, 0.15) is 11.1 Å². The molecule has 0 aliphatic carbocycles. The maximum atomic E-state index is 13.3. The molecule has 5 nitrogen and oxygen atoms in total. The molecule has 8 heteroatoms. The van der Waals surface area contributed by atoms with Gasteiger partial charge in [0, 0.05) is 15.2 Å². The van der Waals surface area contributed by atoms with Crippen LogP contribution in [0.3, 0.4) is 0 Å². The molecule has 0 bridgehead atoms. The van der Waals surface area contributed by atoms with Crippen LogP contribution < -0.4 is 9.62 Å². The molecular weight excluding hydrogens is 488 g/mol. The van der Waals surface area contributed by atoms with Crippen molar-refractivity contribution in [2.45, 2.75) is 18.7 Å². The Bertz CT molecular complexity index is 1160. The van der Waals surface area contributed by atoms with E-state index in [2.05, 4.69) is 21.2 Å². The molecule has 1 amide bonds. The highest BCUT2D eigenvalue weighted by molar-refractivity contribution is 9.10. The molecule has 0 aliphatic rings. The summed E-state index contributed by atoms with van der Waals surface area (Å²) in [6.07, 6.45) is 0. The molecular formula is C22H20BrClN2O3S. The maximum absolute atomic E-state index is 13.3. The fraction of sp³-hybridized carbons (Fsp3) is 0.136. The monoisotopic (exact) mass is 506 g/mol. The number of sulfonamides is 1. The number of rotatable bonds is 6. The van der Waals surface area contributed by atoms with Gasteiger partial charge in [0.25, 0.3) is 10.0 Å². The molecule has 156 valence electrons. The highest BCUT2D eigenvalue weighted by Gasteiger charge is 2.27. The number of hydrogen-bond donors (Lipinski definition) is 1. The molecule has 0 saturated carbocycles. The summed E-state index contributed by atoms with van der Waals surface area (Å²) in [5.41, 5.74) is 2.71. The Morgan fingerprint density at radius 1 is 1.00 bits per heavy atom. The summed E-state index contributed by atoms with van der Waals surface area (Å²) in [5.74, 6) is -0.478. The van der Waals surface area contributed by atoms with Crippen LogP contribution in [0.2, 0.25) is 5.02 Å². The normalized spacial score (nSPS) is 11.2. The summed E-state index contributed by atoms with van der Waals surface area (Å²) in [5, 5.41) is 3.23. The first-order chi connectivity index (χ1) is 14.2. The van der Waals surface area contributed by atoms with Crippen LogP contribution in [0.5, 0.6) is 0 Å². The third-order valence-corrected chi connectivity index (χ3v) is 7.19. The van der Waals surface area contributed by atoms with E-state index < -0.39 is 15.9 Å². The minimum atomic E-state index is -3.95. The molecule has 0 radical (unpaired) electrons. The van der Waals surface area contributed by atoms with Crippen LogP contribution in [0.15, 0.2) is 76.1 Å². The lowest BCUT2D eigenvalue weighted by atomic mass is 10.2. The van der Waals surface area contributed by atoms with Crippen molar-refractivity contribution in [3.63, 3.8) is 0 Å². The molecule has 0 heterocycles. The van der Waals surface area contributed by atoms with Crippen LogP contribution in [0.25, 0.3) is 0 Å². The molecule has 0 aliphatic heterocycles. The van der Waals surface area contributed by atoms with Crippen LogP contribution in [-0.4, -0.2) is 20.9 Å². The van der Waals surface area contributed by atoms with Crippen LogP contribution in [0, 0.1) is 13.8 Å². The minimum Gasteiger partial charge on any atom is -0.324 e. The number of amides is 1. The Labute approximate surface area is 189 Å². The van der Waals surface area contributed by atoms with E-state index in [-0.39, 0.29) is 11.4 Å². The molecule has 0 unspecified atom stereocenters. The van der Waals surface area contributed by atoms with Gasteiger partial charge in [-0.25, -0.2) is 8.42 Å². The SMILES string of the molecule is Cc1ccc(S(=O)(=O)N(CC(=O)Nc2ccc(C)c(Cl)c2)c2ccc(Br)cc2)cc1. The minimum absolute atomic E-state index is 0.113. The van der Waals surface area contributed by atoms with Crippen molar-refractivity contribution < 1.29 is 13.2 Å². The third-order valence-electron chi connectivity index (χ3n) is 4.47. The Morgan fingerprint density at radius 3 is 2.23 bits per heavy atom. The number of halogens is 2. The zero-order valence-electron chi connectivity index (χ0n) is 16.4. The summed E-state index contributed by atoms with van der Waals surface area (Å²) in [4.78, 5) is 12.8. The van der Waals surface area contributed by atoms with Crippen molar-refractivity contribution in [2.75, 3.05) is 16.2 Å². The van der Waals surface area contributed by atoms with E-state index in [0.29, 0.717) is 16.4 Å². The van der Waals surface area contributed by atoms with Gasteiger partial charge in [-0.1, -0.05) is 51.3 Å². The van der Waals surface area contributed by atoms with Gasteiger partial charge in [0.15, 0.2) is 0 Å². The highest BCUT2D eigenvalue weighted by atomic mass is 79.9. The first-order valence-corrected chi connectivity index (χ1v) is 11.7. The fourth-order valence-corrected chi connectivity index (χ4v) is 4.63. The predicted molar refractivity (Wildman–Crippen MR) is 125 cm³/mol. The van der Waals surface area contributed by atoms with Gasteiger partial charge in [-0.2, -0.15) is 0 Å². The molecule has 0 fully saturated rings. The standard InChI is InChI=1S/C22H20BrClN2O3S/c1-15-3-11-20(12-4-15)30(28,29)26(19-9-6-17(23)7-10-19)14-22(27)25-18-8-5-16(2)21(24)13-18/h3-13H,14H2,1-2H3,(H,25,27). The lowest BCUT2D eigenvalue weighted by molar-refractivity contribution is -0.114. The van der Waals surface area contributed by atoms with Gasteiger partial charge in [0.1, 0.15) is 6.54 Å². The number of carbonyl (C=O) groups excluding carboxylic acids is 1. The van der Waals surface area contributed by atoms with Gasteiger partial charge >= 0.3 is 0 Å². The highest BCUT2D eigenvalue weighted by Crippen LogP contribution is 2.26. The molecule has 1 N–H and O–H groups in total. The summed E-state index contributed by atoms with van der Waals surface area (Å²) in [7, 11) is -3.95. The average Bonchev–Trinajstić information content (AvgIpc) is 2.70. The Balaban J connectivity index is 1.93. The second-order valence-corrected chi connectivity index (χ2v) is 10.00. The number of carbonyl (C=O) groups is 1. The first kappa shape index (κ1) is 22.3. The second kappa shape index (κ2) is 9.20. The van der Waals surface area contributed by atoms with E-state index in [4.69, 9.17) is 11.6 Å². The molecule has 0 aromatic heterocycles. The second-order valence-electron chi connectivity index (χ2n) is 6.81. The number of benzene rings is 3. The molecule has 0 saturated heterocycles. The van der Waals surface area contributed by atoms with Crippen LogP contribution in [0.4, 0.5) is 11.4 Å². The van der Waals surface area contributed by atoms with Gasteiger partial charge in [-0.05, 0) is 67.9 Å². The Hall–Kier alpha value is -2.35. The first-order valence-electron chi connectivity index (χ1n) is 9.08. The van der Waals surface area contributed by atoms with Crippen molar-refractivity contribution in [1.29, 1.82) is 0 Å². The summed E-state index contributed by atoms with van der Waals surface area (Å²) in [6, 6.07) is 18.4. The van der Waals surface area contributed by atoms with Crippen molar-refractivity contribution in [1.82, 2.24) is 0 Å².